The maximum Gasteiger partial charge on any atom is 0.388 e. The van der Waals surface area contributed by atoms with E-state index in [1.807, 2.05) is 13.0 Å². The molecule has 0 aliphatic rings. The molecule has 0 spiro atoms. The van der Waals surface area contributed by atoms with Gasteiger partial charge in [0.2, 0.25) is 0 Å². The zero-order valence-corrected chi connectivity index (χ0v) is 11.1. The van der Waals surface area contributed by atoms with Gasteiger partial charge in [-0.15, -0.1) is 11.3 Å². The Balaban J connectivity index is 2.28. The summed E-state index contributed by atoms with van der Waals surface area (Å²) in [5.41, 5.74) is 0.858. The van der Waals surface area contributed by atoms with Crippen LogP contribution in [-0.2, 0) is 19.4 Å². The van der Waals surface area contributed by atoms with E-state index in [-0.39, 0.29) is 0 Å². The third-order valence-corrected chi connectivity index (χ3v) is 3.25. The molecule has 0 radical (unpaired) electrons. The second kappa shape index (κ2) is 5.33. The van der Waals surface area contributed by atoms with Crippen LogP contribution < -0.4 is 0 Å². The van der Waals surface area contributed by atoms with Crippen LogP contribution >= 0.6 is 11.3 Å². The Kier molecular flexibility index (Phi) is 3.77. The van der Waals surface area contributed by atoms with E-state index < -0.39 is 18.0 Å². The van der Waals surface area contributed by atoms with E-state index in [2.05, 4.69) is 14.8 Å². The van der Waals surface area contributed by atoms with E-state index in [9.17, 15) is 14.7 Å². The van der Waals surface area contributed by atoms with Crippen molar-refractivity contribution in [3.05, 3.63) is 28.8 Å². The molecule has 100 valence electrons. The molecule has 0 bridgehead atoms. The molecule has 2 rings (SSSR count). The van der Waals surface area contributed by atoms with Crippen molar-refractivity contribution >= 4 is 33.5 Å². The number of fused-ring (bicyclic) bond motifs is 1. The van der Waals surface area contributed by atoms with Gasteiger partial charge in [0.1, 0.15) is 0 Å². The predicted molar refractivity (Wildman–Crippen MR) is 67.2 cm³/mol. The van der Waals surface area contributed by atoms with Gasteiger partial charge in [-0.25, -0.2) is 24.3 Å². The average molecular weight is 281 g/mol. The number of aromatic nitrogens is 1. The van der Waals surface area contributed by atoms with Crippen LogP contribution in [0.2, 0.25) is 0 Å². The summed E-state index contributed by atoms with van der Waals surface area (Å²) in [5.74, 6) is -1.84. The number of carbonyl (C=O) groups is 2. The fourth-order valence-electron chi connectivity index (χ4n) is 1.57. The zero-order valence-electron chi connectivity index (χ0n) is 10.2. The monoisotopic (exact) mass is 281 g/mol. The predicted octanol–water partition coefficient (Wildman–Crippen LogP) is 1.66. The second-order valence-corrected chi connectivity index (χ2v) is 5.04. The van der Waals surface area contributed by atoms with Crippen molar-refractivity contribution in [3.63, 3.8) is 0 Å². The third kappa shape index (κ3) is 2.88. The van der Waals surface area contributed by atoms with Gasteiger partial charge < -0.3 is 5.11 Å². The lowest BCUT2D eigenvalue weighted by atomic mass is 10.1. The first-order chi connectivity index (χ1) is 8.99. The number of nitrogens with zero attached hydrogens (tertiary/aromatic N) is 1. The number of carbonyl (C=O) groups excluding carboxylic acids is 2. The van der Waals surface area contributed by atoms with Gasteiger partial charge in [-0.05, 0) is 13.0 Å². The van der Waals surface area contributed by atoms with Gasteiger partial charge in [0.05, 0.1) is 15.2 Å². The maximum atomic E-state index is 11.5. The van der Waals surface area contributed by atoms with Crippen molar-refractivity contribution in [2.24, 2.45) is 0 Å². The van der Waals surface area contributed by atoms with E-state index in [0.717, 1.165) is 16.6 Å². The number of rotatable bonds is 2. The first-order valence-electron chi connectivity index (χ1n) is 5.42. The molecule has 1 unspecified atom stereocenters. The highest BCUT2D eigenvalue weighted by atomic mass is 32.1. The van der Waals surface area contributed by atoms with Gasteiger partial charge in [-0.2, -0.15) is 0 Å². The van der Waals surface area contributed by atoms with Crippen molar-refractivity contribution in [2.75, 3.05) is 0 Å². The summed E-state index contributed by atoms with van der Waals surface area (Å²) in [6, 6.07) is 5.12. The van der Waals surface area contributed by atoms with Crippen LogP contribution in [0, 0.1) is 6.92 Å². The standard InChI is InChI=1S/C12H11NO5S/c1-6-13-10-8(4-3-5-9(10)19-6)11(15)12(16)18-17-7(2)14/h3-5,11,15H,1-2H3. The number of aliphatic hydroxyl groups excluding tert-OH is 1. The molecule has 0 aliphatic heterocycles. The highest BCUT2D eigenvalue weighted by Crippen LogP contribution is 2.28. The van der Waals surface area contributed by atoms with E-state index >= 15 is 0 Å². The average Bonchev–Trinajstić information content (AvgIpc) is 2.74. The van der Waals surface area contributed by atoms with E-state index in [4.69, 9.17) is 0 Å². The topological polar surface area (TPSA) is 85.7 Å². The molecule has 0 saturated carbocycles. The fraction of sp³-hybridized carbons (Fsp3) is 0.250. The molecule has 0 aliphatic carbocycles. The molecule has 19 heavy (non-hydrogen) atoms. The Bertz CT molecular complexity index is 636. The molecular formula is C12H11NO5S. The lowest BCUT2D eigenvalue weighted by Gasteiger charge is -2.09. The number of benzene rings is 1. The summed E-state index contributed by atoms with van der Waals surface area (Å²) >= 11 is 1.45. The molecule has 7 heteroatoms. The molecule has 1 N–H and O–H groups in total. The van der Waals surface area contributed by atoms with Crippen LogP contribution in [0.1, 0.15) is 23.6 Å². The summed E-state index contributed by atoms with van der Waals surface area (Å²) < 4.78 is 0.856. The largest absolute Gasteiger partial charge is 0.388 e. The normalized spacial score (nSPS) is 12.2. The number of aliphatic hydroxyl groups is 1. The van der Waals surface area contributed by atoms with Crippen LogP contribution in [0.15, 0.2) is 18.2 Å². The van der Waals surface area contributed by atoms with Crippen molar-refractivity contribution in [2.45, 2.75) is 20.0 Å². The lowest BCUT2D eigenvalue weighted by molar-refractivity contribution is -0.263. The van der Waals surface area contributed by atoms with Crippen molar-refractivity contribution in [1.29, 1.82) is 0 Å². The Morgan fingerprint density at radius 1 is 1.37 bits per heavy atom. The summed E-state index contributed by atoms with van der Waals surface area (Å²) in [4.78, 5) is 34.6. The highest BCUT2D eigenvalue weighted by molar-refractivity contribution is 7.18. The third-order valence-electron chi connectivity index (χ3n) is 2.32. The van der Waals surface area contributed by atoms with Gasteiger partial charge in [0.15, 0.2) is 6.10 Å². The summed E-state index contributed by atoms with van der Waals surface area (Å²) in [6.07, 6.45) is -1.55. The van der Waals surface area contributed by atoms with E-state index in [1.54, 1.807) is 12.1 Å². The van der Waals surface area contributed by atoms with Crippen LogP contribution in [0.5, 0.6) is 0 Å². The maximum absolute atomic E-state index is 11.5. The van der Waals surface area contributed by atoms with Gasteiger partial charge in [0, 0.05) is 12.5 Å². The van der Waals surface area contributed by atoms with Crippen molar-refractivity contribution in [1.82, 2.24) is 4.98 Å². The first-order valence-corrected chi connectivity index (χ1v) is 6.23. The quantitative estimate of drug-likeness (QED) is 0.665. The molecule has 1 heterocycles. The molecule has 0 saturated heterocycles. The van der Waals surface area contributed by atoms with Crippen LogP contribution in [0.25, 0.3) is 10.2 Å². The lowest BCUT2D eigenvalue weighted by Crippen LogP contribution is -2.17. The summed E-state index contributed by atoms with van der Waals surface area (Å²) in [5, 5.41) is 10.7. The highest BCUT2D eigenvalue weighted by Gasteiger charge is 2.24. The molecule has 0 fully saturated rings. The number of thiazole rings is 1. The zero-order chi connectivity index (χ0) is 14.0. The van der Waals surface area contributed by atoms with Gasteiger partial charge >= 0.3 is 11.9 Å². The van der Waals surface area contributed by atoms with E-state index in [1.165, 1.54) is 11.3 Å². The number of para-hydroxylation sites is 1. The molecule has 1 atom stereocenters. The molecular weight excluding hydrogens is 270 g/mol. The molecule has 6 nitrogen and oxygen atoms in total. The first kappa shape index (κ1) is 13.4. The summed E-state index contributed by atoms with van der Waals surface area (Å²) in [6.45, 7) is 2.92. The molecule has 2 aromatic rings. The Morgan fingerprint density at radius 2 is 2.11 bits per heavy atom. The van der Waals surface area contributed by atoms with Crippen LogP contribution in [0.3, 0.4) is 0 Å². The Labute approximate surface area is 112 Å². The number of aryl methyl sites for hydroxylation is 1. The van der Waals surface area contributed by atoms with Crippen LogP contribution in [0.4, 0.5) is 0 Å². The minimum absolute atomic E-state index is 0.319. The second-order valence-electron chi connectivity index (χ2n) is 3.81. The van der Waals surface area contributed by atoms with E-state index in [0.29, 0.717) is 11.1 Å². The van der Waals surface area contributed by atoms with Gasteiger partial charge in [0.25, 0.3) is 0 Å². The minimum atomic E-state index is -1.55. The number of hydrogen-bond donors (Lipinski definition) is 1. The minimum Gasteiger partial charge on any atom is -0.377 e. The fourth-order valence-corrected chi connectivity index (χ4v) is 2.44. The number of hydrogen-bond acceptors (Lipinski definition) is 7. The molecule has 1 aromatic heterocycles. The molecule has 1 aromatic carbocycles. The van der Waals surface area contributed by atoms with Crippen LogP contribution in [-0.4, -0.2) is 22.0 Å². The van der Waals surface area contributed by atoms with Gasteiger partial charge in [-0.1, -0.05) is 12.1 Å². The SMILES string of the molecule is CC(=O)OOC(=O)C(O)c1cccc2sc(C)nc12. The van der Waals surface area contributed by atoms with Crippen molar-refractivity contribution in [3.8, 4) is 0 Å². The smallest absolute Gasteiger partial charge is 0.377 e. The molecule has 0 amide bonds. The Morgan fingerprint density at radius 3 is 2.79 bits per heavy atom. The Hall–Kier alpha value is -1.99. The van der Waals surface area contributed by atoms with Crippen molar-refractivity contribution < 1.29 is 24.5 Å². The van der Waals surface area contributed by atoms with Gasteiger partial charge in [-0.3, -0.25) is 0 Å². The summed E-state index contributed by atoms with van der Waals surface area (Å²) in [7, 11) is 0.